The maximum absolute atomic E-state index is 11.9. The zero-order valence-corrected chi connectivity index (χ0v) is 9.13. The van der Waals surface area contributed by atoms with E-state index >= 15 is 0 Å². The van der Waals surface area contributed by atoms with Gasteiger partial charge in [-0.1, -0.05) is 30.3 Å². The van der Waals surface area contributed by atoms with Crippen molar-refractivity contribution >= 4 is 5.78 Å². The molecule has 0 bridgehead atoms. The van der Waals surface area contributed by atoms with Crippen LogP contribution < -0.4 is 0 Å². The van der Waals surface area contributed by atoms with E-state index in [0.29, 0.717) is 0 Å². The maximum Gasteiger partial charge on any atom is 0.171 e. The number of hydrogen-bond donors (Lipinski definition) is 2. The van der Waals surface area contributed by atoms with Gasteiger partial charge in [0.1, 0.15) is 11.5 Å². The summed E-state index contributed by atoms with van der Waals surface area (Å²) >= 11 is 0. The predicted octanol–water partition coefficient (Wildman–Crippen LogP) is 2.52. The summed E-state index contributed by atoms with van der Waals surface area (Å²) in [5.74, 6) is -0.354. The highest BCUT2D eigenvalue weighted by molar-refractivity contribution is 6.00. The van der Waals surface area contributed by atoms with E-state index in [1.54, 1.807) is 0 Å². The number of ketones is 1. The fourth-order valence-electron chi connectivity index (χ4n) is 1.62. The second-order valence-electron chi connectivity index (χ2n) is 3.79. The second-order valence-corrected chi connectivity index (χ2v) is 3.79. The van der Waals surface area contributed by atoms with Gasteiger partial charge in [-0.2, -0.15) is 0 Å². The molecule has 0 saturated heterocycles. The third kappa shape index (κ3) is 2.64. The van der Waals surface area contributed by atoms with Crippen molar-refractivity contribution in [2.24, 2.45) is 0 Å². The van der Waals surface area contributed by atoms with E-state index in [4.69, 9.17) is 0 Å². The zero-order valence-electron chi connectivity index (χ0n) is 9.13. The molecule has 0 heterocycles. The Labute approximate surface area is 99.0 Å². The molecule has 0 unspecified atom stereocenters. The first kappa shape index (κ1) is 11.2. The molecule has 2 aromatic rings. The summed E-state index contributed by atoms with van der Waals surface area (Å²) in [5.41, 5.74) is 1.02. The summed E-state index contributed by atoms with van der Waals surface area (Å²) in [7, 11) is 0. The first-order valence-corrected chi connectivity index (χ1v) is 5.26. The highest BCUT2D eigenvalue weighted by Gasteiger charge is 2.12. The van der Waals surface area contributed by atoms with Crippen molar-refractivity contribution in [2.45, 2.75) is 6.42 Å². The Morgan fingerprint density at radius 1 is 1.00 bits per heavy atom. The Bertz CT molecular complexity index is 532. The lowest BCUT2D eigenvalue weighted by molar-refractivity contribution is 0.0990. The Kier molecular flexibility index (Phi) is 3.10. The van der Waals surface area contributed by atoms with Crippen LogP contribution >= 0.6 is 0 Å². The molecule has 0 aromatic heterocycles. The molecular formula is C14H12O3. The van der Waals surface area contributed by atoms with Crippen LogP contribution in [0.1, 0.15) is 15.9 Å². The summed E-state index contributed by atoms with van der Waals surface area (Å²) in [4.78, 5) is 11.9. The van der Waals surface area contributed by atoms with Crippen molar-refractivity contribution in [3.8, 4) is 11.5 Å². The van der Waals surface area contributed by atoms with Gasteiger partial charge in [-0.05, 0) is 23.8 Å². The number of phenols is 2. The van der Waals surface area contributed by atoms with Crippen LogP contribution in [0.3, 0.4) is 0 Å². The molecule has 0 spiro atoms. The van der Waals surface area contributed by atoms with E-state index in [2.05, 4.69) is 0 Å². The van der Waals surface area contributed by atoms with Gasteiger partial charge in [-0.25, -0.2) is 0 Å². The lowest BCUT2D eigenvalue weighted by Gasteiger charge is -2.04. The number of hydrogen-bond acceptors (Lipinski definition) is 3. The minimum Gasteiger partial charge on any atom is -0.508 e. The van der Waals surface area contributed by atoms with Gasteiger partial charge in [-0.3, -0.25) is 4.79 Å². The van der Waals surface area contributed by atoms with Crippen LogP contribution in [0.15, 0.2) is 48.5 Å². The molecule has 0 amide bonds. The lowest BCUT2D eigenvalue weighted by atomic mass is 10.0. The summed E-state index contributed by atoms with van der Waals surface area (Å²) < 4.78 is 0. The maximum atomic E-state index is 11.9. The van der Waals surface area contributed by atoms with Gasteiger partial charge in [-0.15, -0.1) is 0 Å². The number of rotatable bonds is 3. The molecule has 0 fully saturated rings. The molecule has 17 heavy (non-hydrogen) atoms. The Morgan fingerprint density at radius 3 is 2.41 bits per heavy atom. The smallest absolute Gasteiger partial charge is 0.171 e. The van der Waals surface area contributed by atoms with Crippen LogP contribution in [0.5, 0.6) is 11.5 Å². The summed E-state index contributed by atoms with van der Waals surface area (Å²) in [6.45, 7) is 0. The quantitative estimate of drug-likeness (QED) is 0.627. The van der Waals surface area contributed by atoms with Crippen molar-refractivity contribution in [2.75, 3.05) is 0 Å². The molecule has 2 aromatic carbocycles. The monoisotopic (exact) mass is 228 g/mol. The molecule has 0 aliphatic rings. The molecular weight excluding hydrogens is 216 g/mol. The van der Waals surface area contributed by atoms with Crippen molar-refractivity contribution in [3.05, 3.63) is 59.7 Å². The molecule has 0 aliphatic carbocycles. The van der Waals surface area contributed by atoms with E-state index in [1.807, 2.05) is 30.3 Å². The standard InChI is InChI=1S/C14H12O3/c15-11-6-7-13(16)12(9-11)14(17)8-10-4-2-1-3-5-10/h1-7,9,15-16H,8H2. The van der Waals surface area contributed by atoms with Crippen LogP contribution in [0, 0.1) is 0 Å². The second kappa shape index (κ2) is 4.70. The average Bonchev–Trinajstić information content (AvgIpc) is 2.33. The minimum atomic E-state index is -0.218. The van der Waals surface area contributed by atoms with Crippen molar-refractivity contribution < 1.29 is 15.0 Å². The number of aromatic hydroxyl groups is 2. The average molecular weight is 228 g/mol. The normalized spacial score (nSPS) is 10.1. The third-order valence-corrected chi connectivity index (χ3v) is 2.49. The molecule has 2 rings (SSSR count). The molecule has 86 valence electrons. The van der Waals surface area contributed by atoms with Gasteiger partial charge in [0.05, 0.1) is 5.56 Å². The Balaban J connectivity index is 2.23. The third-order valence-electron chi connectivity index (χ3n) is 2.49. The number of carbonyl (C=O) groups excluding carboxylic acids is 1. The first-order chi connectivity index (χ1) is 8.16. The highest BCUT2D eigenvalue weighted by atomic mass is 16.3. The molecule has 3 heteroatoms. The number of phenolic OH excluding ortho intramolecular Hbond substituents is 2. The fraction of sp³-hybridized carbons (Fsp3) is 0.0714. The SMILES string of the molecule is O=C(Cc1ccccc1)c1cc(O)ccc1O. The molecule has 0 radical (unpaired) electrons. The van der Waals surface area contributed by atoms with E-state index in [0.717, 1.165) is 5.56 Å². The van der Waals surface area contributed by atoms with Gasteiger partial charge < -0.3 is 10.2 Å². The first-order valence-electron chi connectivity index (χ1n) is 5.26. The summed E-state index contributed by atoms with van der Waals surface area (Å²) in [5, 5.41) is 18.8. The topological polar surface area (TPSA) is 57.5 Å². The van der Waals surface area contributed by atoms with Crippen LogP contribution in [0.2, 0.25) is 0 Å². The van der Waals surface area contributed by atoms with E-state index in [-0.39, 0.29) is 29.3 Å². The van der Waals surface area contributed by atoms with Crippen LogP contribution in [-0.2, 0) is 6.42 Å². The van der Waals surface area contributed by atoms with Crippen molar-refractivity contribution in [1.29, 1.82) is 0 Å². The number of benzene rings is 2. The highest BCUT2D eigenvalue weighted by Crippen LogP contribution is 2.23. The van der Waals surface area contributed by atoms with Gasteiger partial charge in [0.25, 0.3) is 0 Å². The molecule has 0 atom stereocenters. The van der Waals surface area contributed by atoms with E-state index in [1.165, 1.54) is 18.2 Å². The van der Waals surface area contributed by atoms with Crippen LogP contribution in [0.25, 0.3) is 0 Å². The largest absolute Gasteiger partial charge is 0.508 e. The zero-order chi connectivity index (χ0) is 12.3. The van der Waals surface area contributed by atoms with Gasteiger partial charge >= 0.3 is 0 Å². The molecule has 0 saturated carbocycles. The lowest BCUT2D eigenvalue weighted by Crippen LogP contribution is -2.03. The molecule has 2 N–H and O–H groups in total. The van der Waals surface area contributed by atoms with Gasteiger partial charge in [0.2, 0.25) is 0 Å². The van der Waals surface area contributed by atoms with Gasteiger partial charge in [0, 0.05) is 6.42 Å². The van der Waals surface area contributed by atoms with Crippen molar-refractivity contribution in [1.82, 2.24) is 0 Å². The number of carbonyl (C=O) groups is 1. The number of Topliss-reactive ketones (excluding diaryl/α,β-unsaturated/α-hetero) is 1. The predicted molar refractivity (Wildman–Crippen MR) is 64.2 cm³/mol. The van der Waals surface area contributed by atoms with Crippen LogP contribution in [0.4, 0.5) is 0 Å². The molecule has 0 aliphatic heterocycles. The van der Waals surface area contributed by atoms with Crippen molar-refractivity contribution in [3.63, 3.8) is 0 Å². The Hall–Kier alpha value is -2.29. The fourth-order valence-corrected chi connectivity index (χ4v) is 1.62. The van der Waals surface area contributed by atoms with E-state index in [9.17, 15) is 15.0 Å². The molecule has 3 nitrogen and oxygen atoms in total. The van der Waals surface area contributed by atoms with Crippen LogP contribution in [-0.4, -0.2) is 16.0 Å². The Morgan fingerprint density at radius 2 is 1.71 bits per heavy atom. The summed E-state index contributed by atoms with van der Waals surface area (Å²) in [6, 6.07) is 13.2. The van der Waals surface area contributed by atoms with Gasteiger partial charge in [0.15, 0.2) is 5.78 Å². The van der Waals surface area contributed by atoms with E-state index < -0.39 is 0 Å². The summed E-state index contributed by atoms with van der Waals surface area (Å²) in [6.07, 6.45) is 0.206. The minimum absolute atomic E-state index is 0.0285.